The molecule has 2 N–H and O–H groups in total. The highest BCUT2D eigenvalue weighted by atomic mass is 16.5. The first kappa shape index (κ1) is 27.5. The van der Waals surface area contributed by atoms with E-state index < -0.39 is 12.0 Å². The fourth-order valence-corrected chi connectivity index (χ4v) is 4.63. The Balaban J connectivity index is 1.47. The maximum Gasteiger partial charge on any atom is 0.376 e. The van der Waals surface area contributed by atoms with Crippen LogP contribution >= 0.6 is 0 Å². The van der Waals surface area contributed by atoms with E-state index in [9.17, 15) is 9.59 Å². The molecule has 2 aromatic carbocycles. The van der Waals surface area contributed by atoms with Crippen LogP contribution < -0.4 is 15.4 Å². The minimum absolute atomic E-state index is 0.0507. The highest BCUT2D eigenvalue weighted by molar-refractivity contribution is 6.09. The maximum absolute atomic E-state index is 13.0. The van der Waals surface area contributed by atoms with Crippen LogP contribution in [0.25, 0.3) is 10.8 Å². The van der Waals surface area contributed by atoms with Gasteiger partial charge in [0.25, 0.3) is 0 Å². The molecule has 204 valence electrons. The van der Waals surface area contributed by atoms with E-state index in [-0.39, 0.29) is 29.1 Å². The number of amides is 2. The molecule has 1 saturated heterocycles. The van der Waals surface area contributed by atoms with Gasteiger partial charge in [0, 0.05) is 41.9 Å². The van der Waals surface area contributed by atoms with Gasteiger partial charge >= 0.3 is 12.0 Å². The Hall–Kier alpha value is -3.56. The maximum atomic E-state index is 13.0. The number of esters is 1. The molecule has 3 aromatic rings. The lowest BCUT2D eigenvalue weighted by Crippen LogP contribution is -2.46. The van der Waals surface area contributed by atoms with Crippen molar-refractivity contribution in [1.82, 2.24) is 4.90 Å². The number of furan rings is 1. The molecule has 1 aromatic heterocycles. The van der Waals surface area contributed by atoms with Crippen molar-refractivity contribution in [2.75, 3.05) is 44.0 Å². The van der Waals surface area contributed by atoms with Crippen LogP contribution in [0.5, 0.6) is 5.75 Å². The smallest absolute Gasteiger partial charge is 0.376 e. The third-order valence-corrected chi connectivity index (χ3v) is 6.38. The molecule has 2 amide bonds. The minimum atomic E-state index is -0.663. The SMILES string of the molecule is COC(=O)c1oc(C(C)(C)C)cc1NC(=O)Nc1ccc(OCCN2C[C@@H](C)O[C@@H](C)C2)c2ccccc12. The van der Waals surface area contributed by atoms with Crippen molar-refractivity contribution < 1.29 is 28.2 Å². The van der Waals surface area contributed by atoms with Gasteiger partial charge in [0.15, 0.2) is 0 Å². The second-order valence-corrected chi connectivity index (χ2v) is 10.7. The van der Waals surface area contributed by atoms with E-state index in [1.165, 1.54) is 7.11 Å². The molecule has 1 aliphatic rings. The third-order valence-electron chi connectivity index (χ3n) is 6.38. The fourth-order valence-electron chi connectivity index (χ4n) is 4.63. The zero-order valence-corrected chi connectivity index (χ0v) is 22.9. The Kier molecular flexibility index (Phi) is 8.28. The molecule has 9 nitrogen and oxygen atoms in total. The number of ether oxygens (including phenoxy) is 3. The molecule has 0 aliphatic carbocycles. The summed E-state index contributed by atoms with van der Waals surface area (Å²) in [5.74, 6) is 0.591. The number of nitrogens with zero attached hydrogens (tertiary/aromatic N) is 1. The number of methoxy groups -OCH3 is 1. The number of carbonyl (C=O) groups is 2. The summed E-state index contributed by atoms with van der Waals surface area (Å²) in [6.45, 7) is 13.2. The highest BCUT2D eigenvalue weighted by Crippen LogP contribution is 2.33. The van der Waals surface area contributed by atoms with Crippen LogP contribution in [0, 0.1) is 0 Å². The minimum Gasteiger partial charge on any atom is -0.492 e. The highest BCUT2D eigenvalue weighted by Gasteiger charge is 2.27. The normalized spacial score (nSPS) is 18.3. The van der Waals surface area contributed by atoms with Crippen molar-refractivity contribution in [3.63, 3.8) is 0 Å². The summed E-state index contributed by atoms with van der Waals surface area (Å²) in [5, 5.41) is 7.35. The van der Waals surface area contributed by atoms with Gasteiger partial charge in [0.05, 0.1) is 30.7 Å². The summed E-state index contributed by atoms with van der Waals surface area (Å²) < 4.78 is 22.5. The van der Waals surface area contributed by atoms with Crippen molar-refractivity contribution in [3.8, 4) is 5.75 Å². The van der Waals surface area contributed by atoms with Crippen molar-refractivity contribution >= 4 is 34.1 Å². The molecule has 2 atom stereocenters. The van der Waals surface area contributed by atoms with Crippen molar-refractivity contribution in [1.29, 1.82) is 0 Å². The van der Waals surface area contributed by atoms with Crippen LogP contribution in [-0.2, 0) is 14.9 Å². The number of hydrogen-bond acceptors (Lipinski definition) is 7. The van der Waals surface area contributed by atoms with Gasteiger partial charge in [0.1, 0.15) is 18.1 Å². The molecule has 0 spiro atoms. The molecule has 0 bridgehead atoms. The molecule has 2 heterocycles. The Morgan fingerprint density at radius 3 is 2.32 bits per heavy atom. The summed E-state index contributed by atoms with van der Waals surface area (Å²) in [6.07, 6.45) is 0.420. The quantitative estimate of drug-likeness (QED) is 0.386. The number of urea groups is 1. The molecular formula is C29H37N3O6. The van der Waals surface area contributed by atoms with Crippen LogP contribution in [0.15, 0.2) is 46.9 Å². The van der Waals surface area contributed by atoms with Gasteiger partial charge < -0.3 is 29.3 Å². The fraction of sp³-hybridized carbons (Fsp3) is 0.448. The van der Waals surface area contributed by atoms with Gasteiger partial charge in [-0.15, -0.1) is 0 Å². The van der Waals surface area contributed by atoms with E-state index in [4.69, 9.17) is 18.6 Å². The lowest BCUT2D eigenvalue weighted by atomic mass is 9.93. The lowest BCUT2D eigenvalue weighted by Gasteiger charge is -2.35. The lowest BCUT2D eigenvalue weighted by molar-refractivity contribution is -0.0699. The second-order valence-electron chi connectivity index (χ2n) is 10.7. The van der Waals surface area contributed by atoms with Gasteiger partial charge in [0.2, 0.25) is 5.76 Å². The number of anilines is 2. The Labute approximate surface area is 223 Å². The third kappa shape index (κ3) is 6.46. The summed E-state index contributed by atoms with van der Waals surface area (Å²) in [7, 11) is 1.27. The van der Waals surface area contributed by atoms with Crippen molar-refractivity contribution in [3.05, 3.63) is 54.0 Å². The van der Waals surface area contributed by atoms with Crippen LogP contribution in [0.1, 0.15) is 50.9 Å². The standard InChI is InChI=1S/C29H37N3O6/c1-18-16-32(17-19(2)37-18)13-14-36-24-12-11-22(20-9-7-8-10-21(20)24)30-28(34)31-23-15-25(29(3,4)5)38-26(23)27(33)35-6/h7-12,15,18-19H,13-14,16-17H2,1-6H3,(H2,30,31,34)/t18-,19+. The van der Waals surface area contributed by atoms with Gasteiger partial charge in [-0.3, -0.25) is 4.90 Å². The van der Waals surface area contributed by atoms with Gasteiger partial charge in [-0.05, 0) is 26.0 Å². The number of hydrogen-bond donors (Lipinski definition) is 2. The Morgan fingerprint density at radius 1 is 1.00 bits per heavy atom. The van der Waals surface area contributed by atoms with Gasteiger partial charge in [-0.25, -0.2) is 9.59 Å². The molecule has 9 heteroatoms. The zero-order chi connectivity index (χ0) is 27.4. The summed E-state index contributed by atoms with van der Waals surface area (Å²) in [4.78, 5) is 27.6. The van der Waals surface area contributed by atoms with E-state index >= 15 is 0 Å². The number of rotatable bonds is 7. The molecule has 0 radical (unpaired) electrons. The topological polar surface area (TPSA) is 102 Å². The Morgan fingerprint density at radius 2 is 1.66 bits per heavy atom. The zero-order valence-electron chi connectivity index (χ0n) is 22.9. The molecule has 0 saturated carbocycles. The molecule has 38 heavy (non-hydrogen) atoms. The summed E-state index contributed by atoms with van der Waals surface area (Å²) in [5.41, 5.74) is 0.499. The second kappa shape index (κ2) is 11.4. The van der Waals surface area contributed by atoms with E-state index in [1.807, 2.05) is 57.2 Å². The first-order valence-corrected chi connectivity index (χ1v) is 12.9. The summed E-state index contributed by atoms with van der Waals surface area (Å²) >= 11 is 0. The van der Waals surface area contributed by atoms with E-state index in [1.54, 1.807) is 6.07 Å². The van der Waals surface area contributed by atoms with Crippen LogP contribution in [0.4, 0.5) is 16.2 Å². The Bertz CT molecular complexity index is 1290. The van der Waals surface area contributed by atoms with E-state index in [0.717, 1.165) is 36.2 Å². The van der Waals surface area contributed by atoms with Gasteiger partial charge in [-0.1, -0.05) is 45.0 Å². The van der Waals surface area contributed by atoms with Gasteiger partial charge in [-0.2, -0.15) is 0 Å². The molecular weight excluding hydrogens is 486 g/mol. The van der Waals surface area contributed by atoms with E-state index in [0.29, 0.717) is 18.1 Å². The first-order valence-electron chi connectivity index (χ1n) is 12.9. The monoisotopic (exact) mass is 523 g/mol. The molecule has 0 unspecified atom stereocenters. The molecule has 4 rings (SSSR count). The average Bonchev–Trinajstić information content (AvgIpc) is 3.28. The predicted octanol–water partition coefficient (Wildman–Crippen LogP) is 5.65. The van der Waals surface area contributed by atoms with E-state index in [2.05, 4.69) is 29.4 Å². The average molecular weight is 524 g/mol. The molecule has 1 fully saturated rings. The molecule has 1 aliphatic heterocycles. The number of fused-ring (bicyclic) bond motifs is 1. The largest absolute Gasteiger partial charge is 0.492 e. The van der Waals surface area contributed by atoms with Crippen LogP contribution in [0.2, 0.25) is 0 Å². The van der Waals surface area contributed by atoms with Crippen LogP contribution in [0.3, 0.4) is 0 Å². The first-order chi connectivity index (χ1) is 18.0. The predicted molar refractivity (Wildman–Crippen MR) is 147 cm³/mol. The number of benzene rings is 2. The number of carbonyl (C=O) groups excluding carboxylic acids is 2. The number of morpholine rings is 1. The van der Waals surface area contributed by atoms with Crippen molar-refractivity contribution in [2.24, 2.45) is 0 Å². The van der Waals surface area contributed by atoms with Crippen LogP contribution in [-0.4, -0.2) is 62.5 Å². The summed E-state index contributed by atoms with van der Waals surface area (Å²) in [6, 6.07) is 12.6. The number of nitrogens with one attached hydrogen (secondary N) is 2. The van der Waals surface area contributed by atoms with Crippen molar-refractivity contribution in [2.45, 2.75) is 52.2 Å².